The highest BCUT2D eigenvalue weighted by atomic mass is 35.5. The van der Waals surface area contributed by atoms with Gasteiger partial charge in [0.25, 0.3) is 10.0 Å². The first-order valence-electron chi connectivity index (χ1n) is 7.97. The molecule has 1 fully saturated rings. The van der Waals surface area contributed by atoms with Crippen molar-refractivity contribution < 1.29 is 13.2 Å². The first-order valence-corrected chi connectivity index (χ1v) is 10.6. The topological polar surface area (TPSA) is 57.7 Å². The molecule has 1 aromatic carbocycles. The second kappa shape index (κ2) is 7.45. The number of rotatable bonds is 4. The Morgan fingerprint density at radius 2 is 1.80 bits per heavy atom. The minimum Gasteiger partial charge on any atom is -0.315 e. The molecule has 0 spiro atoms. The zero-order chi connectivity index (χ0) is 18.0. The van der Waals surface area contributed by atoms with Crippen LogP contribution in [0.5, 0.6) is 0 Å². The van der Waals surface area contributed by atoms with Gasteiger partial charge in [-0.1, -0.05) is 29.8 Å². The molecule has 5 nitrogen and oxygen atoms in total. The number of benzene rings is 1. The van der Waals surface area contributed by atoms with Crippen LogP contribution >= 0.6 is 22.9 Å². The van der Waals surface area contributed by atoms with Gasteiger partial charge in [0.05, 0.1) is 4.34 Å². The van der Waals surface area contributed by atoms with Gasteiger partial charge in [0.1, 0.15) is 4.21 Å². The molecule has 134 valence electrons. The molecule has 0 atom stereocenters. The molecule has 0 N–H and O–H groups in total. The van der Waals surface area contributed by atoms with E-state index in [9.17, 15) is 13.2 Å². The summed E-state index contributed by atoms with van der Waals surface area (Å²) in [4.78, 5) is 14.3. The van der Waals surface area contributed by atoms with Gasteiger partial charge in [-0.2, -0.15) is 4.31 Å². The highest BCUT2D eigenvalue weighted by Crippen LogP contribution is 2.31. The fraction of sp³-hybridized carbons (Fsp3) is 0.353. The van der Waals surface area contributed by atoms with E-state index in [4.69, 9.17) is 11.6 Å². The van der Waals surface area contributed by atoms with Gasteiger partial charge in [-0.05, 0) is 37.1 Å². The van der Waals surface area contributed by atoms with Gasteiger partial charge in [0, 0.05) is 31.7 Å². The maximum absolute atomic E-state index is 12.7. The van der Waals surface area contributed by atoms with Gasteiger partial charge in [-0.15, -0.1) is 11.3 Å². The van der Waals surface area contributed by atoms with Gasteiger partial charge >= 0.3 is 0 Å². The molecule has 25 heavy (non-hydrogen) atoms. The Balaban J connectivity index is 1.65. The third-order valence-electron chi connectivity index (χ3n) is 4.42. The van der Waals surface area contributed by atoms with Gasteiger partial charge in [0.15, 0.2) is 0 Å². The van der Waals surface area contributed by atoms with Crippen LogP contribution in [-0.4, -0.2) is 38.8 Å². The Kier molecular flexibility index (Phi) is 5.48. The zero-order valence-electron chi connectivity index (χ0n) is 13.8. The number of carbonyl (C=O) groups is 1. The van der Waals surface area contributed by atoms with E-state index in [0.29, 0.717) is 30.3 Å². The lowest BCUT2D eigenvalue weighted by Gasteiger charge is -2.32. The Morgan fingerprint density at radius 3 is 2.36 bits per heavy atom. The second-order valence-electron chi connectivity index (χ2n) is 5.97. The number of carbonyl (C=O) groups excluding carboxylic acids is 1. The summed E-state index contributed by atoms with van der Waals surface area (Å²) in [5.74, 6) is -0.133. The number of halogens is 1. The van der Waals surface area contributed by atoms with Crippen LogP contribution in [0.25, 0.3) is 0 Å². The van der Waals surface area contributed by atoms with Gasteiger partial charge in [-0.25, -0.2) is 8.42 Å². The van der Waals surface area contributed by atoms with Crippen molar-refractivity contribution in [3.8, 4) is 0 Å². The number of anilines is 1. The molecule has 2 heterocycles. The molecule has 0 radical (unpaired) electrons. The molecule has 1 amide bonds. The lowest BCUT2D eigenvalue weighted by Crippen LogP contribution is -2.43. The van der Waals surface area contributed by atoms with E-state index < -0.39 is 10.0 Å². The van der Waals surface area contributed by atoms with Crippen molar-refractivity contribution in [3.05, 3.63) is 46.8 Å². The lowest BCUT2D eigenvalue weighted by atomic mass is 9.96. The minimum atomic E-state index is -3.52. The average Bonchev–Trinajstić information content (AvgIpc) is 3.08. The summed E-state index contributed by atoms with van der Waals surface area (Å²) in [5, 5.41) is 0. The predicted molar refractivity (Wildman–Crippen MR) is 101 cm³/mol. The molecule has 2 aromatic rings. The summed E-state index contributed by atoms with van der Waals surface area (Å²) in [6.07, 6.45) is 1.04. The zero-order valence-corrected chi connectivity index (χ0v) is 16.1. The fourth-order valence-electron chi connectivity index (χ4n) is 2.96. The van der Waals surface area contributed by atoms with E-state index in [2.05, 4.69) is 0 Å². The summed E-state index contributed by atoms with van der Waals surface area (Å²) in [6, 6.07) is 12.6. The maximum atomic E-state index is 12.7. The molecule has 1 aliphatic heterocycles. The van der Waals surface area contributed by atoms with Gasteiger partial charge < -0.3 is 4.90 Å². The SMILES string of the molecule is CN(C(=O)C1CCN(S(=O)(=O)c2ccc(Cl)s2)CC1)c1ccccc1. The quantitative estimate of drug-likeness (QED) is 0.792. The van der Waals surface area contributed by atoms with Crippen LogP contribution in [0.4, 0.5) is 5.69 Å². The number of nitrogens with zero attached hydrogens (tertiary/aromatic N) is 2. The van der Waals surface area contributed by atoms with E-state index in [0.717, 1.165) is 17.0 Å². The van der Waals surface area contributed by atoms with Crippen LogP contribution in [0.2, 0.25) is 4.34 Å². The van der Waals surface area contributed by atoms with E-state index >= 15 is 0 Å². The van der Waals surface area contributed by atoms with Crippen LogP contribution in [0.3, 0.4) is 0 Å². The molecule has 8 heteroatoms. The molecule has 3 rings (SSSR count). The number of hydrogen-bond acceptors (Lipinski definition) is 4. The van der Waals surface area contributed by atoms with Crippen molar-refractivity contribution in [1.29, 1.82) is 0 Å². The van der Waals surface area contributed by atoms with Crippen LogP contribution in [0.1, 0.15) is 12.8 Å². The average molecular weight is 399 g/mol. The third kappa shape index (κ3) is 3.89. The first-order chi connectivity index (χ1) is 11.9. The smallest absolute Gasteiger partial charge is 0.252 e. The summed E-state index contributed by atoms with van der Waals surface area (Å²) < 4.78 is 27.4. The molecular weight excluding hydrogens is 380 g/mol. The molecule has 0 unspecified atom stereocenters. The Bertz CT molecular complexity index is 844. The predicted octanol–water partition coefficient (Wildman–Crippen LogP) is 3.47. The van der Waals surface area contributed by atoms with Crippen LogP contribution < -0.4 is 4.90 Å². The monoisotopic (exact) mass is 398 g/mol. The van der Waals surface area contributed by atoms with E-state index in [1.807, 2.05) is 30.3 Å². The van der Waals surface area contributed by atoms with Crippen molar-refractivity contribution >= 4 is 44.6 Å². The number of para-hydroxylation sites is 1. The molecule has 0 saturated carbocycles. The van der Waals surface area contributed by atoms with E-state index in [1.165, 1.54) is 10.4 Å². The van der Waals surface area contributed by atoms with Crippen LogP contribution in [-0.2, 0) is 14.8 Å². The highest BCUT2D eigenvalue weighted by molar-refractivity contribution is 7.91. The van der Waals surface area contributed by atoms with E-state index in [1.54, 1.807) is 18.0 Å². The third-order valence-corrected chi connectivity index (χ3v) is 8.02. The van der Waals surface area contributed by atoms with Crippen LogP contribution in [0.15, 0.2) is 46.7 Å². The van der Waals surface area contributed by atoms with Crippen LogP contribution in [0, 0.1) is 5.92 Å². The molecule has 1 saturated heterocycles. The Morgan fingerprint density at radius 1 is 1.16 bits per heavy atom. The lowest BCUT2D eigenvalue weighted by molar-refractivity contribution is -0.123. The highest BCUT2D eigenvalue weighted by Gasteiger charge is 2.34. The number of piperidine rings is 1. The maximum Gasteiger partial charge on any atom is 0.252 e. The second-order valence-corrected chi connectivity index (χ2v) is 9.85. The normalized spacial score (nSPS) is 16.7. The molecule has 0 bridgehead atoms. The summed E-state index contributed by atoms with van der Waals surface area (Å²) in [7, 11) is -1.76. The number of hydrogen-bond donors (Lipinski definition) is 0. The largest absolute Gasteiger partial charge is 0.315 e. The summed E-state index contributed by atoms with van der Waals surface area (Å²) in [6.45, 7) is 0.688. The van der Waals surface area contributed by atoms with Crippen molar-refractivity contribution in [3.63, 3.8) is 0 Å². The number of sulfonamides is 1. The van der Waals surface area contributed by atoms with Gasteiger partial charge in [-0.3, -0.25) is 4.79 Å². The standard InChI is InChI=1S/C17H19ClN2O3S2/c1-19(14-5-3-2-4-6-14)17(21)13-9-11-20(12-10-13)25(22,23)16-8-7-15(18)24-16/h2-8,13H,9-12H2,1H3. The van der Waals surface area contributed by atoms with Crippen molar-refractivity contribution in [2.24, 2.45) is 5.92 Å². The number of thiophene rings is 1. The Hall–Kier alpha value is -1.41. The molecule has 1 aromatic heterocycles. The van der Waals surface area contributed by atoms with E-state index in [-0.39, 0.29) is 16.0 Å². The summed E-state index contributed by atoms with van der Waals surface area (Å²) >= 11 is 6.91. The molecule has 1 aliphatic rings. The van der Waals surface area contributed by atoms with Crippen molar-refractivity contribution in [2.75, 3.05) is 25.0 Å². The minimum absolute atomic E-state index is 0.0300. The fourth-order valence-corrected chi connectivity index (χ4v) is 6.07. The first kappa shape index (κ1) is 18.4. The molecular formula is C17H19ClN2O3S2. The van der Waals surface area contributed by atoms with Gasteiger partial charge in [0.2, 0.25) is 5.91 Å². The Labute approximate surface area is 156 Å². The summed E-state index contributed by atoms with van der Waals surface area (Å²) in [5.41, 5.74) is 0.843. The van der Waals surface area contributed by atoms with Crippen molar-refractivity contribution in [2.45, 2.75) is 17.1 Å². The molecule has 0 aliphatic carbocycles. The number of amides is 1. The van der Waals surface area contributed by atoms with Crippen molar-refractivity contribution in [1.82, 2.24) is 4.31 Å².